The van der Waals surface area contributed by atoms with Crippen LogP contribution >= 0.6 is 0 Å². The van der Waals surface area contributed by atoms with Gasteiger partial charge >= 0.3 is 0 Å². The smallest absolute Gasteiger partial charge is 0.0557 e. The van der Waals surface area contributed by atoms with Crippen LogP contribution in [-0.2, 0) is 12.8 Å². The Kier molecular flexibility index (Phi) is 6.53. The van der Waals surface area contributed by atoms with Crippen LogP contribution < -0.4 is 9.80 Å². The lowest BCUT2D eigenvalue weighted by Crippen LogP contribution is -2.33. The molecule has 208 valence electrons. The Hall–Kier alpha value is -5.08. The van der Waals surface area contributed by atoms with Crippen LogP contribution in [-0.4, -0.2) is 6.04 Å². The van der Waals surface area contributed by atoms with Gasteiger partial charge in [-0.05, 0) is 89.0 Å². The first-order chi connectivity index (χ1) is 21.4. The summed E-state index contributed by atoms with van der Waals surface area (Å²) in [5, 5.41) is 5.48. The molecule has 0 radical (unpaired) electrons. The summed E-state index contributed by atoms with van der Waals surface area (Å²) in [5.74, 6) is 0. The number of para-hydroxylation sites is 2. The number of hydrogen-bond donors (Lipinski definition) is 0. The van der Waals surface area contributed by atoms with Crippen LogP contribution in [0, 0.1) is 0 Å². The number of anilines is 4. The molecule has 3 aliphatic carbocycles. The zero-order valence-electron chi connectivity index (χ0n) is 24.2. The molecule has 0 aromatic heterocycles. The SMILES string of the molecule is C1=CC=C(N(c2ccc3c4c2ccc2ccc(N(c5ccccc5)c5ccccc5)c(c24)CC3)C2C=CC=CC2)CC=C1. The molecule has 1 atom stereocenters. The second-order valence-electron chi connectivity index (χ2n) is 11.6. The van der Waals surface area contributed by atoms with Crippen LogP contribution in [0.4, 0.5) is 22.7 Å². The Morgan fingerprint density at radius 3 is 2.09 bits per heavy atom. The van der Waals surface area contributed by atoms with E-state index in [1.54, 1.807) is 0 Å². The molecule has 0 amide bonds. The highest BCUT2D eigenvalue weighted by atomic mass is 15.2. The summed E-state index contributed by atoms with van der Waals surface area (Å²) in [7, 11) is 0. The second kappa shape index (κ2) is 11.0. The van der Waals surface area contributed by atoms with Crippen molar-refractivity contribution in [2.24, 2.45) is 0 Å². The van der Waals surface area contributed by atoms with E-state index in [1.165, 1.54) is 61.1 Å². The van der Waals surface area contributed by atoms with E-state index in [0.717, 1.165) is 25.7 Å². The highest BCUT2D eigenvalue weighted by molar-refractivity contribution is 6.17. The molecular weight excluding hydrogens is 520 g/mol. The fourth-order valence-electron chi connectivity index (χ4n) is 7.15. The minimum atomic E-state index is 0.279. The van der Waals surface area contributed by atoms with Gasteiger partial charge in [0.25, 0.3) is 0 Å². The van der Waals surface area contributed by atoms with Crippen molar-refractivity contribution in [3.05, 3.63) is 169 Å². The summed E-state index contributed by atoms with van der Waals surface area (Å²) >= 11 is 0. The van der Waals surface area contributed by atoms with E-state index in [9.17, 15) is 0 Å². The highest BCUT2D eigenvalue weighted by Gasteiger charge is 2.27. The maximum absolute atomic E-state index is 2.59. The minimum Gasteiger partial charge on any atom is -0.337 e. The first kappa shape index (κ1) is 25.6. The van der Waals surface area contributed by atoms with Gasteiger partial charge in [0.1, 0.15) is 0 Å². The number of aryl methyl sites for hydroxylation is 2. The second-order valence-corrected chi connectivity index (χ2v) is 11.6. The molecule has 2 nitrogen and oxygen atoms in total. The van der Waals surface area contributed by atoms with Crippen molar-refractivity contribution in [3.8, 4) is 0 Å². The van der Waals surface area contributed by atoms with Crippen molar-refractivity contribution in [1.29, 1.82) is 0 Å². The maximum atomic E-state index is 2.59. The first-order valence-corrected chi connectivity index (χ1v) is 15.4. The quantitative estimate of drug-likeness (QED) is 0.193. The molecular formula is C41H34N2. The van der Waals surface area contributed by atoms with E-state index >= 15 is 0 Å². The maximum Gasteiger partial charge on any atom is 0.0557 e. The summed E-state index contributed by atoms with van der Waals surface area (Å²) in [6, 6.07) is 36.0. The summed E-state index contributed by atoms with van der Waals surface area (Å²) in [5.41, 5.74) is 9.14. The van der Waals surface area contributed by atoms with Crippen molar-refractivity contribution in [2.45, 2.75) is 31.7 Å². The van der Waals surface area contributed by atoms with Gasteiger partial charge in [0.05, 0.1) is 6.04 Å². The lowest BCUT2D eigenvalue weighted by atomic mass is 9.84. The fraction of sp³-hybridized carbons (Fsp3) is 0.122. The molecule has 5 aromatic carbocycles. The molecule has 0 spiro atoms. The van der Waals surface area contributed by atoms with Gasteiger partial charge in [-0.25, -0.2) is 0 Å². The molecule has 0 bridgehead atoms. The van der Waals surface area contributed by atoms with Crippen molar-refractivity contribution in [3.63, 3.8) is 0 Å². The minimum absolute atomic E-state index is 0.279. The highest BCUT2D eigenvalue weighted by Crippen LogP contribution is 2.47. The first-order valence-electron chi connectivity index (χ1n) is 15.4. The predicted molar refractivity (Wildman–Crippen MR) is 184 cm³/mol. The molecule has 0 fully saturated rings. The van der Waals surface area contributed by atoms with Crippen molar-refractivity contribution < 1.29 is 0 Å². The zero-order valence-corrected chi connectivity index (χ0v) is 24.2. The third-order valence-electron chi connectivity index (χ3n) is 9.06. The van der Waals surface area contributed by atoms with Crippen LogP contribution in [0.2, 0.25) is 0 Å². The normalized spacial score (nSPS) is 16.9. The van der Waals surface area contributed by atoms with E-state index in [-0.39, 0.29) is 6.04 Å². The van der Waals surface area contributed by atoms with Gasteiger partial charge in [0.15, 0.2) is 0 Å². The Bertz CT molecular complexity index is 1940. The van der Waals surface area contributed by atoms with Gasteiger partial charge in [-0.3, -0.25) is 0 Å². The molecule has 0 saturated heterocycles. The number of rotatable bonds is 6. The molecule has 1 unspecified atom stereocenters. The standard InChI is InChI=1S/C41H34N2/c1-2-7-15-32(14-6-1)42(33-16-8-3-9-17-33)38-28-24-30-23-27-37-39(29-25-31-22-26-36(38)40(30)41(31)37)43(34-18-10-4-11-19-34)35-20-12-5-13-21-35/h1-14,16,18-22,24-26,28-29,33H,15,17,23,27H2. The Morgan fingerprint density at radius 2 is 1.33 bits per heavy atom. The molecule has 0 N–H and O–H groups in total. The van der Waals surface area contributed by atoms with E-state index < -0.39 is 0 Å². The van der Waals surface area contributed by atoms with Gasteiger partial charge in [-0.15, -0.1) is 0 Å². The van der Waals surface area contributed by atoms with E-state index in [0.29, 0.717) is 0 Å². The van der Waals surface area contributed by atoms with Crippen molar-refractivity contribution in [1.82, 2.24) is 0 Å². The van der Waals surface area contributed by atoms with Crippen LogP contribution in [0.15, 0.2) is 157 Å². The summed E-state index contributed by atoms with van der Waals surface area (Å²) in [4.78, 5) is 5.02. The molecule has 8 rings (SSSR count). The van der Waals surface area contributed by atoms with Crippen molar-refractivity contribution >= 4 is 44.3 Å². The number of nitrogens with zero attached hydrogens (tertiary/aromatic N) is 2. The molecule has 0 heterocycles. The molecule has 0 saturated carbocycles. The predicted octanol–water partition coefficient (Wildman–Crippen LogP) is 10.7. The largest absolute Gasteiger partial charge is 0.337 e. The van der Waals surface area contributed by atoms with Gasteiger partial charge in [0.2, 0.25) is 0 Å². The molecule has 5 aromatic rings. The topological polar surface area (TPSA) is 6.48 Å². The fourth-order valence-corrected chi connectivity index (χ4v) is 7.15. The number of allylic oxidation sites excluding steroid dienone is 7. The molecule has 2 heteroatoms. The molecule has 0 aliphatic heterocycles. The van der Waals surface area contributed by atoms with E-state index in [2.05, 4.69) is 162 Å². The van der Waals surface area contributed by atoms with E-state index in [4.69, 9.17) is 0 Å². The average molecular weight is 555 g/mol. The van der Waals surface area contributed by atoms with E-state index in [1.807, 2.05) is 0 Å². The zero-order chi connectivity index (χ0) is 28.6. The van der Waals surface area contributed by atoms with Crippen LogP contribution in [0.25, 0.3) is 21.5 Å². The molecule has 43 heavy (non-hydrogen) atoms. The number of hydrogen-bond acceptors (Lipinski definition) is 2. The average Bonchev–Trinajstić information content (AvgIpc) is 3.36. The van der Waals surface area contributed by atoms with Crippen LogP contribution in [0.3, 0.4) is 0 Å². The van der Waals surface area contributed by atoms with Gasteiger partial charge in [-0.1, -0.05) is 109 Å². The Labute approximate surface area is 253 Å². The monoisotopic (exact) mass is 554 g/mol. The van der Waals surface area contributed by atoms with Crippen molar-refractivity contribution in [2.75, 3.05) is 9.80 Å². The van der Waals surface area contributed by atoms with Gasteiger partial charge < -0.3 is 9.80 Å². The van der Waals surface area contributed by atoms with Crippen LogP contribution in [0.5, 0.6) is 0 Å². The number of benzene rings is 5. The third kappa shape index (κ3) is 4.51. The Balaban J connectivity index is 1.37. The Morgan fingerprint density at radius 1 is 0.581 bits per heavy atom. The lowest BCUT2D eigenvalue weighted by Gasteiger charge is -2.36. The summed E-state index contributed by atoms with van der Waals surface area (Å²) in [6.45, 7) is 0. The van der Waals surface area contributed by atoms with Gasteiger partial charge in [-0.2, -0.15) is 0 Å². The lowest BCUT2D eigenvalue weighted by molar-refractivity contribution is 0.744. The summed E-state index contributed by atoms with van der Waals surface area (Å²) in [6.07, 6.45) is 24.0. The van der Waals surface area contributed by atoms with Crippen LogP contribution in [0.1, 0.15) is 24.0 Å². The molecule has 3 aliphatic rings. The summed E-state index contributed by atoms with van der Waals surface area (Å²) < 4.78 is 0. The third-order valence-corrected chi connectivity index (χ3v) is 9.06. The van der Waals surface area contributed by atoms with Gasteiger partial charge in [0, 0.05) is 40.3 Å².